The molecular formula is C14H23N3O2. The number of nitrogens with zero attached hydrogens (tertiary/aromatic N) is 2. The molecule has 1 aromatic rings. The molecule has 19 heavy (non-hydrogen) atoms. The van der Waals surface area contributed by atoms with Crippen LogP contribution in [0.2, 0.25) is 0 Å². The molecule has 0 bridgehead atoms. The lowest BCUT2D eigenvalue weighted by Gasteiger charge is -2.25. The second-order valence-electron chi connectivity index (χ2n) is 5.13. The predicted molar refractivity (Wildman–Crippen MR) is 73.4 cm³/mol. The third kappa shape index (κ3) is 4.35. The molecule has 0 spiro atoms. The van der Waals surface area contributed by atoms with Crippen LogP contribution < -0.4 is 15.2 Å². The van der Waals surface area contributed by atoms with Crippen LogP contribution in [0.15, 0.2) is 6.07 Å². The van der Waals surface area contributed by atoms with Crippen LogP contribution in [0.1, 0.15) is 44.7 Å². The van der Waals surface area contributed by atoms with Crippen molar-refractivity contribution in [3.63, 3.8) is 0 Å². The highest BCUT2D eigenvalue weighted by atomic mass is 16.5. The van der Waals surface area contributed by atoms with Crippen LogP contribution in [0.5, 0.6) is 11.9 Å². The van der Waals surface area contributed by atoms with E-state index < -0.39 is 0 Å². The number of rotatable bonds is 5. The van der Waals surface area contributed by atoms with Crippen LogP contribution in [-0.2, 0) is 0 Å². The van der Waals surface area contributed by atoms with Crippen molar-refractivity contribution in [3.8, 4) is 11.9 Å². The summed E-state index contributed by atoms with van der Waals surface area (Å²) in [4.78, 5) is 8.61. The molecule has 0 aromatic carbocycles. The number of hydrogen-bond donors (Lipinski definition) is 1. The Kier molecular flexibility index (Phi) is 4.96. The minimum atomic E-state index is 0.181. The first-order valence-electron chi connectivity index (χ1n) is 7.08. The summed E-state index contributed by atoms with van der Waals surface area (Å²) >= 11 is 0. The Labute approximate surface area is 114 Å². The molecule has 0 unspecified atom stereocenters. The van der Waals surface area contributed by atoms with E-state index in [1.807, 2.05) is 13.0 Å². The Bertz CT molecular complexity index is 404. The number of hydrogen-bond acceptors (Lipinski definition) is 5. The van der Waals surface area contributed by atoms with Gasteiger partial charge < -0.3 is 15.2 Å². The SMILES string of the molecule is CCCOc1cc(C)nc(OC2CCC(N)CC2)n1. The summed E-state index contributed by atoms with van der Waals surface area (Å²) < 4.78 is 11.4. The van der Waals surface area contributed by atoms with E-state index in [2.05, 4.69) is 16.9 Å². The van der Waals surface area contributed by atoms with Gasteiger partial charge in [-0.05, 0) is 39.0 Å². The molecule has 2 rings (SSSR count). The quantitative estimate of drug-likeness (QED) is 0.884. The summed E-state index contributed by atoms with van der Waals surface area (Å²) in [5, 5.41) is 0. The zero-order chi connectivity index (χ0) is 13.7. The van der Waals surface area contributed by atoms with Gasteiger partial charge in [0, 0.05) is 17.8 Å². The van der Waals surface area contributed by atoms with Gasteiger partial charge in [0.25, 0.3) is 0 Å². The van der Waals surface area contributed by atoms with E-state index >= 15 is 0 Å². The lowest BCUT2D eigenvalue weighted by atomic mass is 9.94. The van der Waals surface area contributed by atoms with Crippen molar-refractivity contribution >= 4 is 0 Å². The van der Waals surface area contributed by atoms with Gasteiger partial charge in [-0.1, -0.05) is 6.92 Å². The molecule has 0 saturated heterocycles. The first-order valence-corrected chi connectivity index (χ1v) is 7.08. The second kappa shape index (κ2) is 6.70. The fourth-order valence-corrected chi connectivity index (χ4v) is 2.20. The third-order valence-electron chi connectivity index (χ3n) is 3.26. The van der Waals surface area contributed by atoms with Crippen molar-refractivity contribution in [2.45, 2.75) is 58.1 Å². The van der Waals surface area contributed by atoms with Crippen molar-refractivity contribution in [1.29, 1.82) is 0 Å². The van der Waals surface area contributed by atoms with Crippen LogP contribution in [0.25, 0.3) is 0 Å². The summed E-state index contributed by atoms with van der Waals surface area (Å²) in [6.07, 6.45) is 5.11. The number of nitrogens with two attached hydrogens (primary N) is 1. The second-order valence-corrected chi connectivity index (χ2v) is 5.13. The molecule has 1 fully saturated rings. The fraction of sp³-hybridized carbons (Fsp3) is 0.714. The fourth-order valence-electron chi connectivity index (χ4n) is 2.20. The van der Waals surface area contributed by atoms with Crippen LogP contribution in [0.3, 0.4) is 0 Å². The van der Waals surface area contributed by atoms with Gasteiger partial charge in [-0.15, -0.1) is 0 Å². The lowest BCUT2D eigenvalue weighted by molar-refractivity contribution is 0.132. The topological polar surface area (TPSA) is 70.3 Å². The monoisotopic (exact) mass is 265 g/mol. The molecule has 5 nitrogen and oxygen atoms in total. The molecule has 0 radical (unpaired) electrons. The first-order chi connectivity index (χ1) is 9.17. The molecule has 1 aliphatic carbocycles. The molecule has 5 heteroatoms. The molecule has 1 aromatic heterocycles. The van der Waals surface area contributed by atoms with E-state index in [1.165, 1.54) is 0 Å². The summed E-state index contributed by atoms with van der Waals surface area (Å²) in [6, 6.07) is 2.58. The Balaban J connectivity index is 1.97. The molecule has 1 aliphatic rings. The van der Waals surface area contributed by atoms with Crippen molar-refractivity contribution in [2.24, 2.45) is 5.73 Å². The van der Waals surface area contributed by atoms with E-state index in [-0.39, 0.29) is 6.10 Å². The van der Waals surface area contributed by atoms with E-state index in [4.69, 9.17) is 15.2 Å². The van der Waals surface area contributed by atoms with Crippen LogP contribution >= 0.6 is 0 Å². The van der Waals surface area contributed by atoms with Gasteiger partial charge in [0.1, 0.15) is 6.10 Å². The van der Waals surface area contributed by atoms with E-state index in [0.717, 1.165) is 37.8 Å². The maximum Gasteiger partial charge on any atom is 0.320 e. The smallest absolute Gasteiger partial charge is 0.320 e. The summed E-state index contributed by atoms with van der Waals surface area (Å²) in [7, 11) is 0. The molecular weight excluding hydrogens is 242 g/mol. The number of aromatic nitrogens is 2. The number of aryl methyl sites for hydroxylation is 1. The number of ether oxygens (including phenoxy) is 2. The average Bonchev–Trinajstić information content (AvgIpc) is 2.38. The summed E-state index contributed by atoms with van der Waals surface area (Å²) in [5.41, 5.74) is 6.75. The van der Waals surface area contributed by atoms with E-state index in [1.54, 1.807) is 0 Å². The summed E-state index contributed by atoms with van der Waals surface area (Å²) in [5.74, 6) is 0.594. The van der Waals surface area contributed by atoms with Gasteiger partial charge in [-0.3, -0.25) is 0 Å². The maximum absolute atomic E-state index is 5.89. The first kappa shape index (κ1) is 14.1. The molecule has 2 N–H and O–H groups in total. The molecule has 106 valence electrons. The highest BCUT2D eigenvalue weighted by molar-refractivity contribution is 5.17. The molecule has 1 heterocycles. The molecule has 0 aliphatic heterocycles. The largest absolute Gasteiger partial charge is 0.478 e. The van der Waals surface area contributed by atoms with Crippen molar-refractivity contribution in [3.05, 3.63) is 11.8 Å². The highest BCUT2D eigenvalue weighted by Crippen LogP contribution is 2.22. The van der Waals surface area contributed by atoms with E-state index in [9.17, 15) is 0 Å². The molecule has 1 saturated carbocycles. The zero-order valence-corrected chi connectivity index (χ0v) is 11.8. The third-order valence-corrected chi connectivity index (χ3v) is 3.26. The summed E-state index contributed by atoms with van der Waals surface area (Å²) in [6.45, 7) is 4.65. The Morgan fingerprint density at radius 2 is 2.00 bits per heavy atom. The Morgan fingerprint density at radius 1 is 1.26 bits per heavy atom. The van der Waals surface area contributed by atoms with Crippen molar-refractivity contribution in [2.75, 3.05) is 6.61 Å². The van der Waals surface area contributed by atoms with Gasteiger partial charge in [0.15, 0.2) is 0 Å². The Morgan fingerprint density at radius 3 is 2.68 bits per heavy atom. The standard InChI is InChI=1S/C14H23N3O2/c1-3-8-18-13-9-10(2)16-14(17-13)19-12-6-4-11(15)5-7-12/h9,11-12H,3-8,15H2,1-2H3. The Hall–Kier alpha value is -1.36. The minimum Gasteiger partial charge on any atom is -0.478 e. The van der Waals surface area contributed by atoms with Gasteiger partial charge in [0.05, 0.1) is 6.61 Å². The predicted octanol–water partition coefficient (Wildman–Crippen LogP) is 2.22. The van der Waals surface area contributed by atoms with Crippen LogP contribution in [-0.4, -0.2) is 28.7 Å². The van der Waals surface area contributed by atoms with Crippen molar-refractivity contribution < 1.29 is 9.47 Å². The average molecular weight is 265 g/mol. The maximum atomic E-state index is 5.89. The minimum absolute atomic E-state index is 0.181. The van der Waals surface area contributed by atoms with Gasteiger partial charge >= 0.3 is 6.01 Å². The van der Waals surface area contributed by atoms with Crippen LogP contribution in [0, 0.1) is 6.92 Å². The van der Waals surface area contributed by atoms with Gasteiger partial charge in [-0.2, -0.15) is 4.98 Å². The molecule has 0 atom stereocenters. The van der Waals surface area contributed by atoms with Crippen LogP contribution in [0.4, 0.5) is 0 Å². The normalized spacial score (nSPS) is 23.1. The van der Waals surface area contributed by atoms with Gasteiger partial charge in [0.2, 0.25) is 5.88 Å². The van der Waals surface area contributed by atoms with Gasteiger partial charge in [-0.25, -0.2) is 4.98 Å². The van der Waals surface area contributed by atoms with Crippen molar-refractivity contribution in [1.82, 2.24) is 9.97 Å². The zero-order valence-electron chi connectivity index (χ0n) is 11.8. The van der Waals surface area contributed by atoms with E-state index in [0.29, 0.717) is 24.5 Å². The lowest BCUT2D eigenvalue weighted by Crippen LogP contribution is -2.32. The highest BCUT2D eigenvalue weighted by Gasteiger charge is 2.21. The molecule has 0 amide bonds.